The predicted molar refractivity (Wildman–Crippen MR) is 59.3 cm³/mol. The van der Waals surface area contributed by atoms with Crippen LogP contribution < -0.4 is 5.32 Å². The van der Waals surface area contributed by atoms with Crippen molar-refractivity contribution in [2.24, 2.45) is 0 Å². The monoisotopic (exact) mass is 221 g/mol. The number of benzene rings is 1. The van der Waals surface area contributed by atoms with Crippen LogP contribution >= 0.6 is 0 Å². The summed E-state index contributed by atoms with van der Waals surface area (Å²) in [5.74, 6) is 4.39. The number of halogens is 1. The number of rotatable bonds is 2. The van der Waals surface area contributed by atoms with Gasteiger partial charge in [-0.3, -0.25) is 4.79 Å². The van der Waals surface area contributed by atoms with E-state index in [0.29, 0.717) is 17.7 Å². The van der Waals surface area contributed by atoms with Crippen molar-refractivity contribution >= 4 is 11.6 Å². The van der Waals surface area contributed by atoms with E-state index in [0.717, 1.165) is 0 Å². The van der Waals surface area contributed by atoms with E-state index in [9.17, 15) is 9.18 Å². The van der Waals surface area contributed by atoms with Gasteiger partial charge in [-0.25, -0.2) is 4.39 Å². The molecular formula is C12H12FNO2. The zero-order chi connectivity index (χ0) is 12.0. The van der Waals surface area contributed by atoms with Gasteiger partial charge in [0.25, 0.3) is 0 Å². The number of anilines is 1. The summed E-state index contributed by atoms with van der Waals surface area (Å²) in [5.41, 5.74) is 0.810. The summed E-state index contributed by atoms with van der Waals surface area (Å²) >= 11 is 0. The number of nitrogens with one attached hydrogen (secondary N) is 1. The first-order valence-electron chi connectivity index (χ1n) is 4.86. The third-order valence-corrected chi connectivity index (χ3v) is 1.88. The lowest BCUT2D eigenvalue weighted by atomic mass is 10.1. The minimum Gasteiger partial charge on any atom is -0.384 e. The largest absolute Gasteiger partial charge is 0.384 e. The molecule has 84 valence electrons. The van der Waals surface area contributed by atoms with Crippen LogP contribution in [0.15, 0.2) is 18.2 Å². The van der Waals surface area contributed by atoms with Crippen molar-refractivity contribution in [3.63, 3.8) is 0 Å². The summed E-state index contributed by atoms with van der Waals surface area (Å²) in [4.78, 5) is 11.2. The van der Waals surface area contributed by atoms with Gasteiger partial charge in [0, 0.05) is 6.42 Å². The summed E-state index contributed by atoms with van der Waals surface area (Å²) in [5, 5.41) is 11.2. The number of hydrogen-bond acceptors (Lipinski definition) is 2. The molecule has 0 spiro atoms. The van der Waals surface area contributed by atoms with Crippen molar-refractivity contribution in [3.8, 4) is 11.8 Å². The Morgan fingerprint density at radius 3 is 2.94 bits per heavy atom. The maximum atomic E-state index is 13.0. The van der Waals surface area contributed by atoms with E-state index in [-0.39, 0.29) is 12.5 Å². The SMILES string of the molecule is CCC(=O)Nc1ccc(F)cc1C#CCO. The highest BCUT2D eigenvalue weighted by Crippen LogP contribution is 2.16. The van der Waals surface area contributed by atoms with Crippen LogP contribution in [-0.2, 0) is 4.79 Å². The number of amides is 1. The molecule has 0 aliphatic rings. The molecule has 0 radical (unpaired) electrons. The summed E-state index contributed by atoms with van der Waals surface area (Å²) in [6, 6.07) is 3.91. The molecule has 0 fully saturated rings. The van der Waals surface area contributed by atoms with Gasteiger partial charge in [-0.1, -0.05) is 18.8 Å². The van der Waals surface area contributed by atoms with Crippen LogP contribution in [0.4, 0.5) is 10.1 Å². The lowest BCUT2D eigenvalue weighted by Crippen LogP contribution is -2.10. The lowest BCUT2D eigenvalue weighted by molar-refractivity contribution is -0.115. The van der Waals surface area contributed by atoms with E-state index in [2.05, 4.69) is 17.2 Å². The highest BCUT2D eigenvalue weighted by atomic mass is 19.1. The molecule has 0 heterocycles. The van der Waals surface area contributed by atoms with Crippen molar-refractivity contribution in [1.29, 1.82) is 0 Å². The maximum absolute atomic E-state index is 13.0. The van der Waals surface area contributed by atoms with Gasteiger partial charge >= 0.3 is 0 Å². The highest BCUT2D eigenvalue weighted by molar-refractivity contribution is 5.91. The molecule has 0 aliphatic heterocycles. The van der Waals surface area contributed by atoms with E-state index in [1.807, 2.05) is 0 Å². The third kappa shape index (κ3) is 3.37. The Morgan fingerprint density at radius 2 is 2.31 bits per heavy atom. The molecule has 16 heavy (non-hydrogen) atoms. The van der Waals surface area contributed by atoms with E-state index in [1.165, 1.54) is 18.2 Å². The van der Waals surface area contributed by atoms with Gasteiger partial charge in [-0.15, -0.1) is 0 Å². The molecule has 0 aromatic heterocycles. The summed E-state index contributed by atoms with van der Waals surface area (Å²) < 4.78 is 13.0. The van der Waals surface area contributed by atoms with Gasteiger partial charge < -0.3 is 10.4 Å². The maximum Gasteiger partial charge on any atom is 0.224 e. The molecule has 2 N–H and O–H groups in total. The Kier molecular flexibility index (Phi) is 4.49. The highest BCUT2D eigenvalue weighted by Gasteiger charge is 2.04. The number of hydrogen-bond donors (Lipinski definition) is 2. The first-order chi connectivity index (χ1) is 7.67. The summed E-state index contributed by atoms with van der Waals surface area (Å²) in [6.45, 7) is 1.41. The van der Waals surface area contributed by atoms with Crippen LogP contribution in [0, 0.1) is 17.7 Å². The molecule has 3 nitrogen and oxygen atoms in total. The van der Waals surface area contributed by atoms with Crippen molar-refractivity contribution < 1.29 is 14.3 Å². The molecule has 1 amide bonds. The van der Waals surface area contributed by atoms with Crippen LogP contribution in [0.3, 0.4) is 0 Å². The average molecular weight is 221 g/mol. The van der Waals surface area contributed by atoms with Crippen LogP contribution in [0.25, 0.3) is 0 Å². The molecule has 0 saturated heterocycles. The van der Waals surface area contributed by atoms with E-state index >= 15 is 0 Å². The van der Waals surface area contributed by atoms with Crippen LogP contribution in [0.5, 0.6) is 0 Å². The molecule has 0 unspecified atom stereocenters. The van der Waals surface area contributed by atoms with Gasteiger partial charge in [-0.05, 0) is 18.2 Å². The van der Waals surface area contributed by atoms with Gasteiger partial charge in [0.1, 0.15) is 12.4 Å². The van der Waals surface area contributed by atoms with Gasteiger partial charge in [0.15, 0.2) is 0 Å². The zero-order valence-corrected chi connectivity index (χ0v) is 8.88. The molecule has 0 saturated carbocycles. The quantitative estimate of drug-likeness (QED) is 0.744. The normalized spacial score (nSPS) is 9.19. The van der Waals surface area contributed by atoms with E-state index < -0.39 is 5.82 Å². The predicted octanol–water partition coefficient (Wildman–Crippen LogP) is 1.52. The Bertz CT molecular complexity index is 446. The lowest BCUT2D eigenvalue weighted by Gasteiger charge is -2.06. The van der Waals surface area contributed by atoms with Crippen molar-refractivity contribution in [2.75, 3.05) is 11.9 Å². The minimum absolute atomic E-state index is 0.168. The fraction of sp³-hybridized carbons (Fsp3) is 0.250. The Balaban J connectivity index is 3.02. The second-order valence-electron chi connectivity index (χ2n) is 3.05. The number of carbonyl (C=O) groups excluding carboxylic acids is 1. The third-order valence-electron chi connectivity index (χ3n) is 1.88. The standard InChI is InChI=1S/C12H12FNO2/c1-2-12(16)14-11-6-5-10(13)8-9(11)4-3-7-15/h5-6,8,15H,2,7H2,1H3,(H,14,16). The molecule has 0 aliphatic carbocycles. The molecule has 0 bridgehead atoms. The van der Waals surface area contributed by atoms with Crippen LogP contribution in [-0.4, -0.2) is 17.6 Å². The fourth-order valence-corrected chi connectivity index (χ4v) is 1.10. The Morgan fingerprint density at radius 1 is 1.56 bits per heavy atom. The van der Waals surface area contributed by atoms with Gasteiger partial charge in [0.05, 0.1) is 11.3 Å². The molecule has 0 atom stereocenters. The van der Waals surface area contributed by atoms with Crippen molar-refractivity contribution in [2.45, 2.75) is 13.3 Å². The first-order valence-corrected chi connectivity index (χ1v) is 4.86. The van der Waals surface area contributed by atoms with Crippen molar-refractivity contribution in [1.82, 2.24) is 0 Å². The molecule has 1 aromatic rings. The smallest absolute Gasteiger partial charge is 0.224 e. The van der Waals surface area contributed by atoms with Gasteiger partial charge in [-0.2, -0.15) is 0 Å². The number of aliphatic hydroxyl groups is 1. The second-order valence-corrected chi connectivity index (χ2v) is 3.05. The van der Waals surface area contributed by atoms with Gasteiger partial charge in [0.2, 0.25) is 5.91 Å². The van der Waals surface area contributed by atoms with Crippen molar-refractivity contribution in [3.05, 3.63) is 29.6 Å². The summed E-state index contributed by atoms with van der Waals surface area (Å²) in [7, 11) is 0. The zero-order valence-electron chi connectivity index (χ0n) is 8.88. The summed E-state index contributed by atoms with van der Waals surface area (Å²) in [6.07, 6.45) is 0.338. The second kappa shape index (κ2) is 5.89. The topological polar surface area (TPSA) is 49.3 Å². The van der Waals surface area contributed by atoms with E-state index in [1.54, 1.807) is 6.92 Å². The van der Waals surface area contributed by atoms with Crippen LogP contribution in [0.2, 0.25) is 0 Å². The molecule has 4 heteroatoms. The molecule has 1 aromatic carbocycles. The Hall–Kier alpha value is -1.86. The fourth-order valence-electron chi connectivity index (χ4n) is 1.10. The first kappa shape index (κ1) is 12.2. The number of carbonyl (C=O) groups is 1. The molecular weight excluding hydrogens is 209 g/mol. The average Bonchev–Trinajstić information content (AvgIpc) is 2.29. The number of aliphatic hydroxyl groups excluding tert-OH is 1. The minimum atomic E-state index is -0.434. The van der Waals surface area contributed by atoms with E-state index in [4.69, 9.17) is 5.11 Å². The Labute approximate surface area is 93.3 Å². The van der Waals surface area contributed by atoms with Crippen LogP contribution in [0.1, 0.15) is 18.9 Å². The molecule has 1 rings (SSSR count).